The minimum Gasteiger partial charge on any atom is -0.377 e. The largest absolute Gasteiger partial charge is 0.501 e. The monoisotopic (exact) mass is 279 g/mol. The first-order chi connectivity index (χ1) is 7.99. The minimum absolute atomic E-state index is 0.186. The van der Waals surface area contributed by atoms with Gasteiger partial charge in [0.15, 0.2) is 0 Å². The third kappa shape index (κ3) is 3.87. The lowest BCUT2D eigenvalue weighted by Crippen LogP contribution is -2.59. The fraction of sp³-hybridized carbons (Fsp3) is 1.00. The predicted molar refractivity (Wildman–Crippen MR) is 76.5 cm³/mol. The molecule has 0 aromatic rings. The van der Waals surface area contributed by atoms with Crippen LogP contribution in [0.2, 0.25) is 24.2 Å². The minimum atomic E-state index is -2.53. The van der Waals surface area contributed by atoms with Gasteiger partial charge in [0.05, 0.1) is 5.85 Å². The molecule has 0 aliphatic rings. The molecule has 2 N–H and O–H groups in total. The molecular weight excluding hydrogens is 250 g/mol. The standard InChI is InChI=1S/C11H29NO3Si2/c1-7-16(8-2,9-3)11(12)15-17(10-4,13-5)14-6/h11H,7-10,12H2,1-6H3. The summed E-state index contributed by atoms with van der Waals surface area (Å²) in [5.74, 6) is -0.186. The second kappa shape index (κ2) is 7.65. The highest BCUT2D eigenvalue weighted by atomic mass is 28.4. The summed E-state index contributed by atoms with van der Waals surface area (Å²) in [6.45, 7) is 8.69. The van der Waals surface area contributed by atoms with Crippen LogP contribution in [0.15, 0.2) is 0 Å². The van der Waals surface area contributed by atoms with Crippen molar-refractivity contribution in [2.45, 2.75) is 57.7 Å². The Morgan fingerprint density at radius 2 is 1.29 bits per heavy atom. The topological polar surface area (TPSA) is 53.7 Å². The van der Waals surface area contributed by atoms with Crippen LogP contribution in [0.5, 0.6) is 0 Å². The van der Waals surface area contributed by atoms with Gasteiger partial charge >= 0.3 is 8.80 Å². The third-order valence-corrected chi connectivity index (χ3v) is 12.6. The molecule has 0 aromatic carbocycles. The van der Waals surface area contributed by atoms with Crippen molar-refractivity contribution in [2.24, 2.45) is 5.73 Å². The SMILES string of the molecule is CC[Si](OC)(OC)OC(N)[Si](CC)(CC)CC. The molecule has 0 heterocycles. The van der Waals surface area contributed by atoms with Gasteiger partial charge in [0.1, 0.15) is 8.07 Å². The zero-order chi connectivity index (χ0) is 13.5. The number of hydrogen-bond donors (Lipinski definition) is 1. The summed E-state index contributed by atoms with van der Waals surface area (Å²) in [5, 5.41) is 0. The van der Waals surface area contributed by atoms with Crippen LogP contribution in [0.4, 0.5) is 0 Å². The van der Waals surface area contributed by atoms with E-state index >= 15 is 0 Å². The Morgan fingerprint density at radius 1 is 0.882 bits per heavy atom. The van der Waals surface area contributed by atoms with Crippen molar-refractivity contribution in [3.8, 4) is 0 Å². The number of rotatable bonds is 9. The van der Waals surface area contributed by atoms with Crippen molar-refractivity contribution in [3.05, 3.63) is 0 Å². The molecule has 0 bridgehead atoms. The Morgan fingerprint density at radius 3 is 1.53 bits per heavy atom. The second-order valence-electron chi connectivity index (χ2n) is 4.41. The normalized spacial score (nSPS) is 15.0. The molecule has 104 valence electrons. The second-order valence-corrected chi connectivity index (χ2v) is 12.9. The smallest absolute Gasteiger partial charge is 0.377 e. The predicted octanol–water partition coefficient (Wildman–Crippen LogP) is 2.59. The van der Waals surface area contributed by atoms with E-state index < -0.39 is 16.9 Å². The van der Waals surface area contributed by atoms with E-state index in [4.69, 9.17) is 19.0 Å². The van der Waals surface area contributed by atoms with Crippen LogP contribution >= 0.6 is 0 Å². The number of hydrogen-bond acceptors (Lipinski definition) is 4. The molecule has 0 rings (SSSR count). The fourth-order valence-corrected chi connectivity index (χ4v) is 7.96. The Bertz CT molecular complexity index is 192. The Kier molecular flexibility index (Phi) is 7.78. The quantitative estimate of drug-likeness (QED) is 0.521. The van der Waals surface area contributed by atoms with Crippen LogP contribution in [-0.4, -0.2) is 36.9 Å². The van der Waals surface area contributed by atoms with E-state index in [1.54, 1.807) is 14.2 Å². The molecule has 4 nitrogen and oxygen atoms in total. The van der Waals surface area contributed by atoms with Gasteiger partial charge < -0.3 is 19.0 Å². The first-order valence-electron chi connectivity index (χ1n) is 6.53. The maximum absolute atomic E-state index is 6.31. The van der Waals surface area contributed by atoms with Gasteiger partial charge in [0, 0.05) is 20.3 Å². The van der Waals surface area contributed by atoms with Gasteiger partial charge in [-0.15, -0.1) is 0 Å². The zero-order valence-corrected chi connectivity index (χ0v) is 14.2. The van der Waals surface area contributed by atoms with Crippen LogP contribution in [-0.2, 0) is 13.3 Å². The summed E-state index contributed by atoms with van der Waals surface area (Å²) in [7, 11) is -0.775. The highest BCUT2D eigenvalue weighted by molar-refractivity contribution is 6.81. The van der Waals surface area contributed by atoms with E-state index in [1.165, 1.54) is 0 Å². The van der Waals surface area contributed by atoms with E-state index in [9.17, 15) is 0 Å². The molecule has 0 amide bonds. The van der Waals surface area contributed by atoms with Crippen molar-refractivity contribution in [1.82, 2.24) is 0 Å². The molecule has 0 aromatic heterocycles. The van der Waals surface area contributed by atoms with Gasteiger partial charge in [-0.1, -0.05) is 45.8 Å². The maximum atomic E-state index is 6.31. The van der Waals surface area contributed by atoms with Crippen molar-refractivity contribution in [2.75, 3.05) is 14.2 Å². The molecule has 0 spiro atoms. The fourth-order valence-electron chi connectivity index (χ4n) is 2.22. The van der Waals surface area contributed by atoms with Crippen LogP contribution in [0.1, 0.15) is 27.7 Å². The van der Waals surface area contributed by atoms with Crippen LogP contribution in [0.3, 0.4) is 0 Å². The summed E-state index contributed by atoms with van der Waals surface area (Å²) < 4.78 is 17.0. The molecule has 17 heavy (non-hydrogen) atoms. The third-order valence-electron chi connectivity index (χ3n) is 4.08. The lowest BCUT2D eigenvalue weighted by Gasteiger charge is -2.38. The summed E-state index contributed by atoms with van der Waals surface area (Å²) in [6.07, 6.45) is 0. The lowest BCUT2D eigenvalue weighted by atomic mass is 10.9. The number of nitrogens with two attached hydrogens (primary N) is 1. The molecule has 0 radical (unpaired) electrons. The summed E-state index contributed by atoms with van der Waals surface area (Å²) >= 11 is 0. The molecule has 0 aliphatic heterocycles. The van der Waals surface area contributed by atoms with Crippen LogP contribution < -0.4 is 5.73 Å². The average molecular weight is 280 g/mol. The van der Waals surface area contributed by atoms with E-state index in [-0.39, 0.29) is 5.85 Å². The van der Waals surface area contributed by atoms with Crippen molar-refractivity contribution in [3.63, 3.8) is 0 Å². The van der Waals surface area contributed by atoms with Gasteiger partial charge in [0.25, 0.3) is 0 Å². The first kappa shape index (κ1) is 17.3. The van der Waals surface area contributed by atoms with E-state index in [0.29, 0.717) is 0 Å². The van der Waals surface area contributed by atoms with Gasteiger partial charge in [0.2, 0.25) is 0 Å². The molecular formula is C11H29NO3Si2. The van der Waals surface area contributed by atoms with Crippen LogP contribution in [0.25, 0.3) is 0 Å². The molecule has 0 saturated heterocycles. The highest BCUT2D eigenvalue weighted by Crippen LogP contribution is 2.27. The highest BCUT2D eigenvalue weighted by Gasteiger charge is 2.44. The first-order valence-corrected chi connectivity index (χ1v) is 11.2. The van der Waals surface area contributed by atoms with Crippen LogP contribution in [0, 0.1) is 0 Å². The summed E-state index contributed by atoms with van der Waals surface area (Å²) in [6, 6.07) is 4.18. The average Bonchev–Trinajstić information content (AvgIpc) is 2.39. The summed E-state index contributed by atoms with van der Waals surface area (Å²) in [5.41, 5.74) is 6.31. The van der Waals surface area contributed by atoms with Gasteiger partial charge in [-0.2, -0.15) is 0 Å². The van der Waals surface area contributed by atoms with Gasteiger partial charge in [-0.3, -0.25) is 0 Å². The summed E-state index contributed by atoms with van der Waals surface area (Å²) in [4.78, 5) is 0. The Balaban J connectivity index is 4.85. The molecule has 0 fully saturated rings. The zero-order valence-electron chi connectivity index (χ0n) is 12.2. The lowest BCUT2D eigenvalue weighted by molar-refractivity contribution is 0.0836. The van der Waals surface area contributed by atoms with E-state index in [0.717, 1.165) is 24.2 Å². The Labute approximate surface area is 108 Å². The molecule has 0 saturated carbocycles. The molecule has 6 heteroatoms. The maximum Gasteiger partial charge on any atom is 0.501 e. The van der Waals surface area contributed by atoms with E-state index in [1.807, 2.05) is 6.92 Å². The Hall–Kier alpha value is 0.274. The molecule has 0 aliphatic carbocycles. The molecule has 1 atom stereocenters. The van der Waals surface area contributed by atoms with Gasteiger partial charge in [-0.25, -0.2) is 0 Å². The van der Waals surface area contributed by atoms with Gasteiger partial charge in [-0.05, 0) is 0 Å². The molecule has 1 unspecified atom stereocenters. The van der Waals surface area contributed by atoms with E-state index in [2.05, 4.69) is 20.8 Å². The van der Waals surface area contributed by atoms with Crippen molar-refractivity contribution >= 4 is 16.9 Å². The van der Waals surface area contributed by atoms with Crippen molar-refractivity contribution in [1.29, 1.82) is 0 Å². The van der Waals surface area contributed by atoms with Crippen molar-refractivity contribution < 1.29 is 13.3 Å².